The van der Waals surface area contributed by atoms with Crippen LogP contribution in [-0.4, -0.2) is 61.3 Å². The second kappa shape index (κ2) is 7.73. The van der Waals surface area contributed by atoms with Crippen molar-refractivity contribution in [2.24, 2.45) is 7.05 Å². The number of piperazine rings is 1. The molecule has 0 bridgehead atoms. The van der Waals surface area contributed by atoms with Crippen molar-refractivity contribution in [3.8, 4) is 0 Å². The summed E-state index contributed by atoms with van der Waals surface area (Å²) < 4.78 is 33.9. The molecule has 1 unspecified atom stereocenters. The fraction of sp³-hybridized carbons (Fsp3) is 0.444. The number of nitrogens with zero attached hydrogens (tertiary/aromatic N) is 4. The summed E-state index contributed by atoms with van der Waals surface area (Å²) in [5.74, 6) is -0.389. The SMILES string of the molecule is COC(=O)c1ccc(N2CCN(S(=O)(=O)c3c(C)nn(C)c3Cl)C(C)C2)cc1. The fourth-order valence-electron chi connectivity index (χ4n) is 3.48. The summed E-state index contributed by atoms with van der Waals surface area (Å²) in [7, 11) is -0.789. The van der Waals surface area contributed by atoms with Crippen molar-refractivity contribution in [3.63, 3.8) is 0 Å². The third-order valence-electron chi connectivity index (χ3n) is 4.89. The molecule has 8 nitrogen and oxygen atoms in total. The maximum Gasteiger partial charge on any atom is 0.337 e. The number of aromatic nitrogens is 2. The van der Waals surface area contributed by atoms with Crippen LogP contribution in [0.25, 0.3) is 0 Å². The van der Waals surface area contributed by atoms with Gasteiger partial charge in [-0.05, 0) is 38.1 Å². The Morgan fingerprint density at radius 3 is 2.39 bits per heavy atom. The van der Waals surface area contributed by atoms with Crippen LogP contribution in [0, 0.1) is 6.92 Å². The fourth-order valence-corrected chi connectivity index (χ4v) is 5.80. The van der Waals surface area contributed by atoms with Crippen molar-refractivity contribution in [2.45, 2.75) is 24.8 Å². The second-order valence-electron chi connectivity index (χ2n) is 6.78. The van der Waals surface area contributed by atoms with E-state index in [0.29, 0.717) is 30.9 Å². The monoisotopic (exact) mass is 426 g/mol. The molecule has 1 aromatic carbocycles. The molecule has 1 aliphatic heterocycles. The zero-order valence-corrected chi connectivity index (χ0v) is 17.8. The van der Waals surface area contributed by atoms with E-state index in [1.807, 2.05) is 19.1 Å². The Morgan fingerprint density at radius 2 is 1.89 bits per heavy atom. The quantitative estimate of drug-likeness (QED) is 0.696. The Morgan fingerprint density at radius 1 is 1.25 bits per heavy atom. The molecule has 1 aromatic heterocycles. The highest BCUT2D eigenvalue weighted by molar-refractivity contribution is 7.89. The van der Waals surface area contributed by atoms with Crippen LogP contribution in [0.1, 0.15) is 23.0 Å². The van der Waals surface area contributed by atoms with Crippen LogP contribution in [0.4, 0.5) is 5.69 Å². The van der Waals surface area contributed by atoms with E-state index in [1.54, 1.807) is 26.1 Å². The topological polar surface area (TPSA) is 84.7 Å². The van der Waals surface area contributed by atoms with Crippen molar-refractivity contribution in [1.29, 1.82) is 0 Å². The summed E-state index contributed by atoms with van der Waals surface area (Å²) in [5.41, 5.74) is 1.79. The number of hydrogen-bond acceptors (Lipinski definition) is 6. The van der Waals surface area contributed by atoms with Crippen molar-refractivity contribution < 1.29 is 17.9 Å². The average molecular weight is 427 g/mol. The predicted octanol–water partition coefficient (Wildman–Crippen LogP) is 2.07. The maximum atomic E-state index is 13.2. The molecule has 152 valence electrons. The molecule has 1 atom stereocenters. The van der Waals surface area contributed by atoms with Gasteiger partial charge in [-0.3, -0.25) is 4.68 Å². The maximum absolute atomic E-state index is 13.2. The third-order valence-corrected chi connectivity index (χ3v) is 7.60. The zero-order chi connectivity index (χ0) is 20.6. The smallest absolute Gasteiger partial charge is 0.337 e. The number of methoxy groups -OCH3 is 1. The Bertz CT molecular complexity index is 988. The van der Waals surface area contributed by atoms with Gasteiger partial charge in [0.05, 0.1) is 18.4 Å². The highest BCUT2D eigenvalue weighted by atomic mass is 35.5. The van der Waals surface area contributed by atoms with Crippen molar-refractivity contribution in [3.05, 3.63) is 40.7 Å². The van der Waals surface area contributed by atoms with Crippen LogP contribution in [0.2, 0.25) is 5.15 Å². The van der Waals surface area contributed by atoms with E-state index in [2.05, 4.69) is 10.00 Å². The summed E-state index contributed by atoms with van der Waals surface area (Å²) >= 11 is 6.19. The molecule has 1 saturated heterocycles. The largest absolute Gasteiger partial charge is 0.465 e. The van der Waals surface area contributed by atoms with E-state index in [-0.39, 0.29) is 22.1 Å². The van der Waals surface area contributed by atoms with Gasteiger partial charge >= 0.3 is 5.97 Å². The number of hydrogen-bond donors (Lipinski definition) is 0. The van der Waals surface area contributed by atoms with Crippen molar-refractivity contribution >= 4 is 33.3 Å². The van der Waals surface area contributed by atoms with Gasteiger partial charge in [0.25, 0.3) is 0 Å². The highest BCUT2D eigenvalue weighted by Gasteiger charge is 2.37. The van der Waals surface area contributed by atoms with Gasteiger partial charge in [-0.25, -0.2) is 13.2 Å². The number of carbonyl (C=O) groups is 1. The van der Waals surface area contributed by atoms with Crippen LogP contribution in [-0.2, 0) is 21.8 Å². The summed E-state index contributed by atoms with van der Waals surface area (Å²) in [6, 6.07) is 6.83. The first-order valence-electron chi connectivity index (χ1n) is 8.81. The molecule has 28 heavy (non-hydrogen) atoms. The molecule has 0 N–H and O–H groups in total. The molecular formula is C18H23ClN4O4S. The molecule has 0 saturated carbocycles. The Labute approximate surface area is 169 Å². The van der Waals surface area contributed by atoms with Gasteiger partial charge in [0.1, 0.15) is 10.0 Å². The van der Waals surface area contributed by atoms with E-state index in [1.165, 1.54) is 16.1 Å². The predicted molar refractivity (Wildman–Crippen MR) is 106 cm³/mol. The van der Waals surface area contributed by atoms with Crippen LogP contribution in [0.15, 0.2) is 29.2 Å². The van der Waals surface area contributed by atoms with E-state index in [0.717, 1.165) is 5.69 Å². The van der Waals surface area contributed by atoms with Gasteiger partial charge in [-0.1, -0.05) is 11.6 Å². The van der Waals surface area contributed by atoms with E-state index in [9.17, 15) is 13.2 Å². The minimum Gasteiger partial charge on any atom is -0.465 e. The van der Waals surface area contributed by atoms with Crippen LogP contribution >= 0.6 is 11.6 Å². The molecule has 0 radical (unpaired) electrons. The molecule has 1 fully saturated rings. The molecule has 3 rings (SSSR count). The number of ether oxygens (including phenoxy) is 1. The summed E-state index contributed by atoms with van der Waals surface area (Å²) in [4.78, 5) is 13.7. The summed E-state index contributed by atoms with van der Waals surface area (Å²) in [6.45, 7) is 4.88. The first-order chi connectivity index (χ1) is 13.2. The molecule has 2 heterocycles. The first-order valence-corrected chi connectivity index (χ1v) is 10.6. The summed E-state index contributed by atoms with van der Waals surface area (Å²) in [5, 5.41) is 4.24. The molecule has 0 aliphatic carbocycles. The number of aryl methyl sites for hydroxylation is 2. The average Bonchev–Trinajstić information content (AvgIpc) is 2.93. The molecule has 2 aromatic rings. The molecule has 0 amide bonds. The van der Waals surface area contributed by atoms with E-state index >= 15 is 0 Å². The van der Waals surface area contributed by atoms with E-state index in [4.69, 9.17) is 16.3 Å². The minimum absolute atomic E-state index is 0.0689. The van der Waals surface area contributed by atoms with Gasteiger partial charge in [0.15, 0.2) is 0 Å². The van der Waals surface area contributed by atoms with E-state index < -0.39 is 10.0 Å². The highest BCUT2D eigenvalue weighted by Crippen LogP contribution is 2.30. The number of carbonyl (C=O) groups excluding carboxylic acids is 1. The summed E-state index contributed by atoms with van der Waals surface area (Å²) in [6.07, 6.45) is 0. The Balaban J connectivity index is 1.79. The minimum atomic E-state index is -3.75. The van der Waals surface area contributed by atoms with Gasteiger partial charge in [0.2, 0.25) is 10.0 Å². The standard InChI is InChI=1S/C18H23ClN4O4S/c1-12-11-22(15-7-5-14(6-8-15)18(24)27-4)9-10-23(12)28(25,26)16-13(2)20-21(3)17(16)19/h5-8,12H,9-11H2,1-4H3. The second-order valence-corrected chi connectivity index (χ2v) is 8.96. The molecular weight excluding hydrogens is 404 g/mol. The number of esters is 1. The Hall–Kier alpha value is -2.10. The number of anilines is 1. The molecule has 0 spiro atoms. The van der Waals surface area contributed by atoms with Crippen molar-refractivity contribution in [2.75, 3.05) is 31.6 Å². The van der Waals surface area contributed by atoms with Crippen molar-refractivity contribution in [1.82, 2.24) is 14.1 Å². The zero-order valence-electron chi connectivity index (χ0n) is 16.2. The van der Waals surface area contributed by atoms with Crippen LogP contribution < -0.4 is 4.90 Å². The number of sulfonamides is 1. The van der Waals surface area contributed by atoms with Crippen LogP contribution in [0.3, 0.4) is 0 Å². The Kier molecular flexibility index (Phi) is 5.69. The van der Waals surface area contributed by atoms with Crippen LogP contribution in [0.5, 0.6) is 0 Å². The molecule has 10 heteroatoms. The lowest BCUT2D eigenvalue weighted by Crippen LogP contribution is -2.54. The lowest BCUT2D eigenvalue weighted by molar-refractivity contribution is 0.0600. The number of rotatable bonds is 4. The van der Waals surface area contributed by atoms with Gasteiger partial charge < -0.3 is 9.64 Å². The first kappa shape index (κ1) is 20.6. The number of halogens is 1. The molecule has 1 aliphatic rings. The lowest BCUT2D eigenvalue weighted by atomic mass is 10.1. The van der Waals surface area contributed by atoms with Gasteiger partial charge in [-0.2, -0.15) is 9.40 Å². The lowest BCUT2D eigenvalue weighted by Gasteiger charge is -2.40. The number of benzene rings is 1. The third kappa shape index (κ3) is 3.61. The van der Waals surface area contributed by atoms with Gasteiger partial charge in [-0.15, -0.1) is 0 Å². The van der Waals surface area contributed by atoms with Gasteiger partial charge in [0, 0.05) is 38.4 Å². The normalized spacial score (nSPS) is 18.3.